The van der Waals surface area contributed by atoms with Crippen molar-refractivity contribution < 1.29 is 0 Å². The molecule has 0 saturated carbocycles. The number of aromatic amines is 1. The van der Waals surface area contributed by atoms with Gasteiger partial charge < -0.3 is 0 Å². The zero-order chi connectivity index (χ0) is 25.4. The Morgan fingerprint density at radius 1 is 0.919 bits per heavy atom. The molecule has 0 unspecified atom stereocenters. The topological polar surface area (TPSA) is 94.3 Å². The zero-order valence-electron chi connectivity index (χ0n) is 19.7. The number of hydrogen-bond acceptors (Lipinski definition) is 6. The van der Waals surface area contributed by atoms with Gasteiger partial charge in [-0.3, -0.25) is 9.36 Å². The highest BCUT2D eigenvalue weighted by molar-refractivity contribution is 7.98. The lowest BCUT2D eigenvalue weighted by molar-refractivity contribution is 0.858. The van der Waals surface area contributed by atoms with E-state index in [-0.39, 0.29) is 5.56 Å². The molecule has 0 aliphatic carbocycles. The predicted octanol–water partition coefficient (Wildman–Crippen LogP) is 5.61. The monoisotopic (exact) mass is 525 g/mol. The van der Waals surface area contributed by atoms with Crippen molar-refractivity contribution in [2.75, 3.05) is 0 Å². The number of nitrogens with one attached hydrogen (secondary N) is 1. The number of hydrogen-bond donors (Lipinski definition) is 1. The van der Waals surface area contributed by atoms with Crippen LogP contribution in [0, 0.1) is 6.92 Å². The van der Waals surface area contributed by atoms with Gasteiger partial charge in [0.1, 0.15) is 0 Å². The summed E-state index contributed by atoms with van der Waals surface area (Å²) in [4.78, 5) is 12.6. The van der Waals surface area contributed by atoms with E-state index < -0.39 is 0 Å². The molecule has 3 aromatic heterocycles. The summed E-state index contributed by atoms with van der Waals surface area (Å²) in [7, 11) is 0. The summed E-state index contributed by atoms with van der Waals surface area (Å²) in [5, 5.41) is 22.5. The van der Waals surface area contributed by atoms with E-state index in [2.05, 4.69) is 25.5 Å². The molecule has 3 heterocycles. The fourth-order valence-electron chi connectivity index (χ4n) is 4.28. The number of aryl methyl sites for hydroxylation is 1. The second kappa shape index (κ2) is 9.68. The van der Waals surface area contributed by atoms with Crippen molar-refractivity contribution in [2.45, 2.75) is 17.8 Å². The minimum Gasteiger partial charge on any atom is -0.270 e. The fraction of sp³-hybridized carbons (Fsp3) is 0.0741. The van der Waals surface area contributed by atoms with Gasteiger partial charge >= 0.3 is 0 Å². The van der Waals surface area contributed by atoms with Gasteiger partial charge in [0, 0.05) is 17.0 Å². The lowest BCUT2D eigenvalue weighted by Gasteiger charge is -2.10. The molecular weight excluding hydrogens is 506 g/mol. The first-order valence-corrected chi connectivity index (χ1v) is 12.9. The number of nitrogens with zero attached hydrogens (tertiary/aromatic N) is 6. The molecule has 1 N–H and O–H groups in total. The van der Waals surface area contributed by atoms with Crippen molar-refractivity contribution in [3.63, 3.8) is 0 Å². The molecule has 0 fully saturated rings. The largest absolute Gasteiger partial charge is 0.292 e. The molecule has 182 valence electrons. The third-order valence-corrected chi connectivity index (χ3v) is 7.27. The summed E-state index contributed by atoms with van der Waals surface area (Å²) in [5.74, 6) is 1.19. The smallest absolute Gasteiger partial charge is 0.270 e. The Labute approximate surface area is 221 Å². The Bertz CT molecular complexity index is 1780. The van der Waals surface area contributed by atoms with E-state index in [4.69, 9.17) is 11.6 Å². The van der Waals surface area contributed by atoms with Crippen LogP contribution in [-0.2, 0) is 5.75 Å². The quantitative estimate of drug-likeness (QED) is 0.284. The van der Waals surface area contributed by atoms with Crippen molar-refractivity contribution >= 4 is 34.3 Å². The molecule has 0 spiro atoms. The maximum atomic E-state index is 12.6. The number of fused-ring (bicyclic) bond motifs is 1. The first kappa shape index (κ1) is 23.2. The number of halogens is 1. The summed E-state index contributed by atoms with van der Waals surface area (Å²) in [6, 6.07) is 27.3. The zero-order valence-corrected chi connectivity index (χ0v) is 21.2. The molecular formula is C27H20ClN7OS. The van der Waals surface area contributed by atoms with Crippen LogP contribution < -0.4 is 5.56 Å². The van der Waals surface area contributed by atoms with Crippen LogP contribution in [0.4, 0.5) is 0 Å². The molecule has 10 heteroatoms. The van der Waals surface area contributed by atoms with Crippen LogP contribution in [0.15, 0.2) is 94.9 Å². The van der Waals surface area contributed by atoms with Crippen LogP contribution in [0.5, 0.6) is 0 Å². The Kier molecular flexibility index (Phi) is 6.07. The third kappa shape index (κ3) is 4.22. The molecule has 0 radical (unpaired) electrons. The average molecular weight is 526 g/mol. The molecule has 6 aromatic rings. The first-order valence-electron chi connectivity index (χ1n) is 11.5. The van der Waals surface area contributed by atoms with Crippen molar-refractivity contribution in [1.29, 1.82) is 0 Å². The van der Waals surface area contributed by atoms with E-state index in [0.29, 0.717) is 38.2 Å². The Balaban J connectivity index is 1.42. The standard InChI is InChI=1S/C27H20ClN7OS/c1-17-23-21(29-31-26(36)24(23)33-35(17)22-15-9-8-14-20(22)28)16-37-27-32-30-25(18-10-4-2-5-11-18)34(27)19-12-6-3-7-13-19/h2-15H,16H2,1H3,(H,31,36). The van der Waals surface area contributed by atoms with Gasteiger partial charge in [0.05, 0.1) is 27.5 Å². The highest BCUT2D eigenvalue weighted by Crippen LogP contribution is 2.32. The van der Waals surface area contributed by atoms with E-state index in [9.17, 15) is 4.79 Å². The number of rotatable bonds is 6. The molecule has 0 amide bonds. The molecule has 3 aromatic carbocycles. The average Bonchev–Trinajstić information content (AvgIpc) is 3.52. The molecule has 0 atom stereocenters. The molecule has 0 aliphatic rings. The van der Waals surface area contributed by atoms with E-state index in [1.54, 1.807) is 10.7 Å². The maximum Gasteiger partial charge on any atom is 0.292 e. The predicted molar refractivity (Wildman–Crippen MR) is 146 cm³/mol. The van der Waals surface area contributed by atoms with Gasteiger partial charge in [-0.1, -0.05) is 84.0 Å². The van der Waals surface area contributed by atoms with Crippen LogP contribution in [-0.4, -0.2) is 34.7 Å². The highest BCUT2D eigenvalue weighted by Gasteiger charge is 2.21. The third-order valence-electron chi connectivity index (χ3n) is 6.01. The van der Waals surface area contributed by atoms with E-state index >= 15 is 0 Å². The SMILES string of the molecule is Cc1c2c(CSc3nnc(-c4ccccc4)n3-c3ccccc3)n[nH]c(=O)c2nn1-c1ccccc1Cl. The molecule has 8 nitrogen and oxygen atoms in total. The van der Waals surface area contributed by atoms with E-state index in [1.165, 1.54) is 11.8 Å². The second-order valence-corrected chi connectivity index (χ2v) is 9.65. The summed E-state index contributed by atoms with van der Waals surface area (Å²) < 4.78 is 3.72. The van der Waals surface area contributed by atoms with Gasteiger partial charge in [-0.05, 0) is 31.2 Å². The van der Waals surface area contributed by atoms with E-state index in [1.807, 2.05) is 90.4 Å². The highest BCUT2D eigenvalue weighted by atomic mass is 35.5. The van der Waals surface area contributed by atoms with Crippen LogP contribution in [0.3, 0.4) is 0 Å². The van der Waals surface area contributed by atoms with Crippen molar-refractivity contribution in [3.05, 3.63) is 112 Å². The number of aromatic nitrogens is 7. The Hall–Kier alpha value is -4.21. The molecule has 0 saturated heterocycles. The molecule has 0 bridgehead atoms. The number of H-pyrrole nitrogens is 1. The summed E-state index contributed by atoms with van der Waals surface area (Å²) in [5.41, 5.74) is 4.07. The fourth-order valence-corrected chi connectivity index (χ4v) is 5.39. The minimum atomic E-state index is -0.350. The molecule has 0 aliphatic heterocycles. The van der Waals surface area contributed by atoms with Gasteiger partial charge in [0.2, 0.25) is 0 Å². The summed E-state index contributed by atoms with van der Waals surface area (Å²) in [6.07, 6.45) is 0. The summed E-state index contributed by atoms with van der Waals surface area (Å²) in [6.45, 7) is 1.91. The van der Waals surface area contributed by atoms with Crippen LogP contribution >= 0.6 is 23.4 Å². The van der Waals surface area contributed by atoms with Gasteiger partial charge in [0.25, 0.3) is 5.56 Å². The van der Waals surface area contributed by atoms with Crippen molar-refractivity contribution in [1.82, 2.24) is 34.7 Å². The van der Waals surface area contributed by atoms with Gasteiger partial charge in [-0.25, -0.2) is 9.78 Å². The number of para-hydroxylation sites is 2. The van der Waals surface area contributed by atoms with Gasteiger partial charge in [0.15, 0.2) is 16.5 Å². The number of thioether (sulfide) groups is 1. The van der Waals surface area contributed by atoms with Gasteiger partial charge in [-0.15, -0.1) is 10.2 Å². The lowest BCUT2D eigenvalue weighted by atomic mass is 10.2. The van der Waals surface area contributed by atoms with Crippen molar-refractivity contribution in [3.8, 4) is 22.8 Å². The van der Waals surface area contributed by atoms with Gasteiger partial charge in [-0.2, -0.15) is 10.2 Å². The van der Waals surface area contributed by atoms with Crippen LogP contribution in [0.25, 0.3) is 33.7 Å². The Morgan fingerprint density at radius 3 is 2.38 bits per heavy atom. The van der Waals surface area contributed by atoms with Crippen LogP contribution in [0.1, 0.15) is 11.4 Å². The first-order chi connectivity index (χ1) is 18.1. The molecule has 6 rings (SSSR count). The lowest BCUT2D eigenvalue weighted by Crippen LogP contribution is -2.11. The second-order valence-electron chi connectivity index (χ2n) is 8.30. The number of benzene rings is 3. The van der Waals surface area contributed by atoms with Crippen LogP contribution in [0.2, 0.25) is 5.02 Å². The van der Waals surface area contributed by atoms with E-state index in [0.717, 1.165) is 22.8 Å². The minimum absolute atomic E-state index is 0.317. The normalized spacial score (nSPS) is 11.3. The maximum absolute atomic E-state index is 12.6. The Morgan fingerprint density at radius 2 is 1.62 bits per heavy atom. The molecule has 37 heavy (non-hydrogen) atoms. The van der Waals surface area contributed by atoms with Crippen molar-refractivity contribution in [2.24, 2.45) is 0 Å². The summed E-state index contributed by atoms with van der Waals surface area (Å²) >= 11 is 7.91.